The summed E-state index contributed by atoms with van der Waals surface area (Å²) in [7, 11) is 0. The Morgan fingerprint density at radius 2 is 1.89 bits per heavy atom. The van der Waals surface area contributed by atoms with Crippen LogP contribution in [0.5, 0.6) is 11.5 Å². The number of rotatable bonds is 2. The number of pyridine rings is 1. The molecule has 0 atom stereocenters. The van der Waals surface area contributed by atoms with Gasteiger partial charge in [-0.1, -0.05) is 22.0 Å². The van der Waals surface area contributed by atoms with E-state index in [0.29, 0.717) is 11.4 Å². The number of fused-ring (bicyclic) bond motifs is 1. The van der Waals surface area contributed by atoms with Crippen molar-refractivity contribution in [2.24, 2.45) is 0 Å². The van der Waals surface area contributed by atoms with Crippen molar-refractivity contribution in [3.63, 3.8) is 0 Å². The molecule has 0 saturated carbocycles. The smallest absolute Gasteiger partial charge is 0.150 e. The highest BCUT2D eigenvalue weighted by atomic mass is 79.9. The van der Waals surface area contributed by atoms with E-state index in [0.717, 1.165) is 21.1 Å². The lowest BCUT2D eigenvalue weighted by Crippen LogP contribution is -1.92. The average molecular weight is 315 g/mol. The number of halogens is 1. The van der Waals surface area contributed by atoms with Crippen LogP contribution in [0.4, 0.5) is 5.69 Å². The van der Waals surface area contributed by atoms with Gasteiger partial charge in [0, 0.05) is 16.1 Å². The van der Waals surface area contributed by atoms with Crippen LogP contribution in [0.1, 0.15) is 0 Å². The Bertz CT molecular complexity index is 738. The summed E-state index contributed by atoms with van der Waals surface area (Å²) in [5, 5.41) is 0.965. The maximum absolute atomic E-state index is 5.94. The van der Waals surface area contributed by atoms with Crippen LogP contribution >= 0.6 is 15.9 Å². The molecule has 0 aliphatic rings. The van der Waals surface area contributed by atoms with E-state index >= 15 is 0 Å². The second-order valence-corrected chi connectivity index (χ2v) is 5.03. The molecule has 0 bridgehead atoms. The van der Waals surface area contributed by atoms with Crippen molar-refractivity contribution in [3.05, 3.63) is 59.2 Å². The van der Waals surface area contributed by atoms with E-state index in [9.17, 15) is 0 Å². The first-order valence-corrected chi connectivity index (χ1v) is 6.60. The maximum atomic E-state index is 5.94. The number of aromatic nitrogens is 1. The largest absolute Gasteiger partial charge is 0.454 e. The van der Waals surface area contributed by atoms with Crippen molar-refractivity contribution in [2.75, 3.05) is 5.73 Å². The molecule has 1 aromatic heterocycles. The van der Waals surface area contributed by atoms with Crippen LogP contribution < -0.4 is 10.5 Å². The summed E-state index contributed by atoms with van der Waals surface area (Å²) in [5.74, 6) is 1.39. The van der Waals surface area contributed by atoms with Crippen LogP contribution in [0, 0.1) is 0 Å². The van der Waals surface area contributed by atoms with Crippen LogP contribution in [-0.4, -0.2) is 4.98 Å². The molecule has 94 valence electrons. The van der Waals surface area contributed by atoms with Gasteiger partial charge in [-0.3, -0.25) is 4.98 Å². The number of nitrogens with two attached hydrogens (primary N) is 1. The van der Waals surface area contributed by atoms with E-state index < -0.39 is 0 Å². The Balaban J connectivity index is 2.06. The van der Waals surface area contributed by atoms with Crippen molar-refractivity contribution in [3.8, 4) is 11.5 Å². The molecule has 0 aliphatic heterocycles. The van der Waals surface area contributed by atoms with Crippen LogP contribution in [0.3, 0.4) is 0 Å². The van der Waals surface area contributed by atoms with Gasteiger partial charge in [0.05, 0.1) is 11.2 Å². The number of hydrogen-bond donors (Lipinski definition) is 1. The lowest BCUT2D eigenvalue weighted by Gasteiger charge is -2.10. The molecule has 0 spiro atoms. The van der Waals surface area contributed by atoms with Crippen molar-refractivity contribution < 1.29 is 4.74 Å². The Morgan fingerprint density at radius 1 is 1.00 bits per heavy atom. The van der Waals surface area contributed by atoms with Crippen LogP contribution in [0.2, 0.25) is 0 Å². The second kappa shape index (κ2) is 4.90. The van der Waals surface area contributed by atoms with Gasteiger partial charge in [-0.15, -0.1) is 0 Å². The highest BCUT2D eigenvalue weighted by molar-refractivity contribution is 9.10. The van der Waals surface area contributed by atoms with Gasteiger partial charge < -0.3 is 10.5 Å². The summed E-state index contributed by atoms with van der Waals surface area (Å²) in [4.78, 5) is 4.30. The Labute approximate surface area is 119 Å². The van der Waals surface area contributed by atoms with E-state index in [1.165, 1.54) is 0 Å². The molecule has 4 heteroatoms. The Morgan fingerprint density at radius 3 is 2.74 bits per heavy atom. The molecule has 0 amide bonds. The summed E-state index contributed by atoms with van der Waals surface area (Å²) >= 11 is 3.38. The molecule has 19 heavy (non-hydrogen) atoms. The minimum Gasteiger partial charge on any atom is -0.454 e. The molecular weight excluding hydrogens is 304 g/mol. The minimum absolute atomic E-state index is 0.593. The first-order chi connectivity index (χ1) is 9.24. The fraction of sp³-hybridized carbons (Fsp3) is 0. The zero-order valence-corrected chi connectivity index (χ0v) is 11.6. The highest BCUT2D eigenvalue weighted by Gasteiger charge is 2.06. The third-order valence-electron chi connectivity index (χ3n) is 2.80. The van der Waals surface area contributed by atoms with Crippen molar-refractivity contribution in [1.82, 2.24) is 4.98 Å². The summed E-state index contributed by atoms with van der Waals surface area (Å²) in [6.07, 6.45) is 1.76. The lowest BCUT2D eigenvalue weighted by molar-refractivity contribution is 0.490. The van der Waals surface area contributed by atoms with Gasteiger partial charge in [-0.25, -0.2) is 0 Å². The van der Waals surface area contributed by atoms with Crippen LogP contribution in [0.25, 0.3) is 10.9 Å². The molecule has 0 aliphatic carbocycles. The number of benzene rings is 2. The second-order valence-electron chi connectivity index (χ2n) is 4.11. The molecule has 3 nitrogen and oxygen atoms in total. The Kier molecular flexibility index (Phi) is 3.09. The number of hydrogen-bond acceptors (Lipinski definition) is 3. The average Bonchev–Trinajstić information content (AvgIpc) is 2.42. The van der Waals surface area contributed by atoms with E-state index in [4.69, 9.17) is 10.5 Å². The van der Waals surface area contributed by atoms with E-state index in [1.54, 1.807) is 6.20 Å². The molecule has 0 saturated heterocycles. The number of ether oxygens (including phenoxy) is 1. The molecule has 2 N–H and O–H groups in total. The molecule has 3 rings (SSSR count). The van der Waals surface area contributed by atoms with Gasteiger partial charge in [-0.05, 0) is 42.5 Å². The Hall–Kier alpha value is -2.07. The first-order valence-electron chi connectivity index (χ1n) is 5.81. The third-order valence-corrected chi connectivity index (χ3v) is 3.29. The van der Waals surface area contributed by atoms with Gasteiger partial charge in [-0.2, -0.15) is 0 Å². The molecule has 0 radical (unpaired) electrons. The van der Waals surface area contributed by atoms with Crippen molar-refractivity contribution >= 4 is 32.5 Å². The lowest BCUT2D eigenvalue weighted by atomic mass is 10.2. The minimum atomic E-state index is 0.593. The standard InChI is InChI=1S/C15H11BrN2O/c16-10-6-7-15(12(17)9-10)19-14-5-1-4-13-11(14)3-2-8-18-13/h1-9H,17H2. The zero-order chi connectivity index (χ0) is 13.2. The fourth-order valence-corrected chi connectivity index (χ4v) is 2.27. The number of nitrogen functional groups attached to an aromatic ring is 1. The SMILES string of the molecule is Nc1cc(Br)ccc1Oc1cccc2ncccc12. The fourth-order valence-electron chi connectivity index (χ4n) is 1.89. The molecule has 3 aromatic rings. The highest BCUT2D eigenvalue weighted by Crippen LogP contribution is 2.33. The monoisotopic (exact) mass is 314 g/mol. The van der Waals surface area contributed by atoms with E-state index in [1.807, 2.05) is 48.5 Å². The summed E-state index contributed by atoms with van der Waals surface area (Å²) in [5.41, 5.74) is 7.43. The predicted octanol–water partition coefficient (Wildman–Crippen LogP) is 4.37. The van der Waals surface area contributed by atoms with Gasteiger partial charge in [0.1, 0.15) is 11.5 Å². The van der Waals surface area contributed by atoms with Crippen molar-refractivity contribution in [1.29, 1.82) is 0 Å². The molecule has 1 heterocycles. The maximum Gasteiger partial charge on any atom is 0.150 e. The molecule has 0 fully saturated rings. The topological polar surface area (TPSA) is 48.1 Å². The third kappa shape index (κ3) is 2.39. The van der Waals surface area contributed by atoms with E-state index in [-0.39, 0.29) is 0 Å². The summed E-state index contributed by atoms with van der Waals surface area (Å²) < 4.78 is 6.82. The van der Waals surface area contributed by atoms with Gasteiger partial charge in [0.15, 0.2) is 0 Å². The van der Waals surface area contributed by atoms with Crippen LogP contribution in [-0.2, 0) is 0 Å². The van der Waals surface area contributed by atoms with Gasteiger partial charge >= 0.3 is 0 Å². The van der Waals surface area contributed by atoms with E-state index in [2.05, 4.69) is 20.9 Å². The van der Waals surface area contributed by atoms with Crippen LogP contribution in [0.15, 0.2) is 59.2 Å². The molecule has 0 unspecified atom stereocenters. The molecule has 2 aromatic carbocycles. The normalized spacial score (nSPS) is 10.6. The quantitative estimate of drug-likeness (QED) is 0.714. The summed E-state index contributed by atoms with van der Waals surface area (Å²) in [6.45, 7) is 0. The molecular formula is C15H11BrN2O. The summed E-state index contributed by atoms with van der Waals surface area (Å²) in [6, 6.07) is 15.2. The van der Waals surface area contributed by atoms with Crippen molar-refractivity contribution in [2.45, 2.75) is 0 Å². The zero-order valence-electron chi connectivity index (χ0n) is 10.0. The van der Waals surface area contributed by atoms with Gasteiger partial charge in [0.25, 0.3) is 0 Å². The first kappa shape index (κ1) is 12.0. The number of nitrogens with zero attached hydrogens (tertiary/aromatic N) is 1. The number of anilines is 1. The van der Waals surface area contributed by atoms with Gasteiger partial charge in [0.2, 0.25) is 0 Å². The predicted molar refractivity (Wildman–Crippen MR) is 80.4 cm³/mol.